The van der Waals surface area contributed by atoms with E-state index in [1.165, 1.54) is 37.3 Å². The van der Waals surface area contributed by atoms with Crippen LogP contribution in [0.4, 0.5) is 10.1 Å². The molecule has 0 bridgehead atoms. The van der Waals surface area contributed by atoms with Crippen LogP contribution in [0.2, 0.25) is 0 Å². The number of rotatable bonds is 6. The summed E-state index contributed by atoms with van der Waals surface area (Å²) >= 11 is 0. The highest BCUT2D eigenvalue weighted by Gasteiger charge is 2.12. The molecule has 0 radical (unpaired) electrons. The van der Waals surface area contributed by atoms with Crippen LogP contribution in [0.5, 0.6) is 5.75 Å². The molecule has 7 heteroatoms. The van der Waals surface area contributed by atoms with Crippen LogP contribution < -0.4 is 15.4 Å². The van der Waals surface area contributed by atoms with E-state index in [1.807, 2.05) is 0 Å². The zero-order valence-corrected chi connectivity index (χ0v) is 16.1. The molecule has 0 spiro atoms. The van der Waals surface area contributed by atoms with E-state index in [9.17, 15) is 18.8 Å². The van der Waals surface area contributed by atoms with Crippen LogP contribution in [-0.2, 0) is 11.3 Å². The van der Waals surface area contributed by atoms with Crippen LogP contribution in [0.1, 0.15) is 33.2 Å². The van der Waals surface area contributed by atoms with Crippen molar-refractivity contribution in [3.8, 4) is 5.75 Å². The predicted molar refractivity (Wildman–Crippen MR) is 110 cm³/mol. The number of para-hydroxylation sites is 1. The average Bonchev–Trinajstić information content (AvgIpc) is 2.73. The Morgan fingerprint density at radius 3 is 2.33 bits per heavy atom. The molecule has 3 aromatic carbocycles. The maximum Gasteiger partial charge on any atom is 0.308 e. The van der Waals surface area contributed by atoms with E-state index in [1.54, 1.807) is 42.5 Å². The molecular weight excluding hydrogens is 387 g/mol. The number of carbonyl (C=O) groups excluding carboxylic acids is 3. The standard InChI is InChI=1S/C23H19FN2O4/c1-15(27)30-20-7-4-6-17(13-20)22(28)25-14-18-5-2-3-8-21(18)26-23(29)16-9-11-19(24)12-10-16/h2-13H,14H2,1H3,(H,25,28)(H,26,29). The van der Waals surface area contributed by atoms with Crippen molar-refractivity contribution in [3.63, 3.8) is 0 Å². The molecule has 3 aromatic rings. The minimum Gasteiger partial charge on any atom is -0.427 e. The molecule has 3 rings (SSSR count). The fraction of sp³-hybridized carbons (Fsp3) is 0.0870. The fourth-order valence-corrected chi connectivity index (χ4v) is 2.74. The van der Waals surface area contributed by atoms with Gasteiger partial charge in [0, 0.05) is 30.3 Å². The van der Waals surface area contributed by atoms with E-state index in [-0.39, 0.29) is 24.1 Å². The number of hydrogen-bond acceptors (Lipinski definition) is 4. The first-order chi connectivity index (χ1) is 14.4. The SMILES string of the molecule is CC(=O)Oc1cccc(C(=O)NCc2ccccc2NC(=O)c2ccc(F)cc2)c1. The molecular formula is C23H19FN2O4. The van der Waals surface area contributed by atoms with Crippen molar-refractivity contribution in [2.24, 2.45) is 0 Å². The molecule has 2 amide bonds. The van der Waals surface area contributed by atoms with Crippen LogP contribution in [0, 0.1) is 5.82 Å². The van der Waals surface area contributed by atoms with Gasteiger partial charge >= 0.3 is 5.97 Å². The van der Waals surface area contributed by atoms with Gasteiger partial charge in [-0.2, -0.15) is 0 Å². The van der Waals surface area contributed by atoms with Gasteiger partial charge in [-0.25, -0.2) is 4.39 Å². The molecule has 152 valence electrons. The largest absolute Gasteiger partial charge is 0.427 e. The van der Waals surface area contributed by atoms with Crippen molar-refractivity contribution in [3.05, 3.63) is 95.3 Å². The summed E-state index contributed by atoms with van der Waals surface area (Å²) < 4.78 is 18.0. The molecule has 0 unspecified atom stereocenters. The molecule has 0 heterocycles. The summed E-state index contributed by atoms with van der Waals surface area (Å²) in [5.74, 6) is -1.36. The molecule has 0 aliphatic rings. The first kappa shape index (κ1) is 20.7. The molecule has 30 heavy (non-hydrogen) atoms. The lowest BCUT2D eigenvalue weighted by atomic mass is 10.1. The summed E-state index contributed by atoms with van der Waals surface area (Å²) in [6.45, 7) is 1.44. The third kappa shape index (κ3) is 5.51. The summed E-state index contributed by atoms with van der Waals surface area (Å²) in [5, 5.41) is 5.55. The molecule has 0 atom stereocenters. The van der Waals surface area contributed by atoms with Crippen LogP contribution in [0.3, 0.4) is 0 Å². The predicted octanol–water partition coefficient (Wildman–Crippen LogP) is 3.93. The highest BCUT2D eigenvalue weighted by Crippen LogP contribution is 2.18. The second-order valence-corrected chi connectivity index (χ2v) is 6.42. The van der Waals surface area contributed by atoms with Gasteiger partial charge in [0.1, 0.15) is 11.6 Å². The smallest absolute Gasteiger partial charge is 0.308 e. The molecule has 6 nitrogen and oxygen atoms in total. The van der Waals surface area contributed by atoms with E-state index in [4.69, 9.17) is 4.74 Å². The van der Waals surface area contributed by atoms with Gasteiger partial charge in [-0.05, 0) is 54.1 Å². The number of ether oxygens (including phenoxy) is 1. The van der Waals surface area contributed by atoms with Gasteiger partial charge in [0.2, 0.25) is 0 Å². The van der Waals surface area contributed by atoms with Gasteiger partial charge in [0.15, 0.2) is 0 Å². The summed E-state index contributed by atoms with van der Waals surface area (Å²) in [7, 11) is 0. The normalized spacial score (nSPS) is 10.2. The number of halogens is 1. The summed E-state index contributed by atoms with van der Waals surface area (Å²) in [5.41, 5.74) is 1.87. The van der Waals surface area contributed by atoms with Crippen LogP contribution in [0.25, 0.3) is 0 Å². The van der Waals surface area contributed by atoms with E-state index in [0.29, 0.717) is 22.4 Å². The molecule has 0 aromatic heterocycles. The molecule has 0 saturated heterocycles. The Bertz CT molecular complexity index is 1080. The first-order valence-corrected chi connectivity index (χ1v) is 9.14. The lowest BCUT2D eigenvalue weighted by Gasteiger charge is -2.12. The van der Waals surface area contributed by atoms with Crippen molar-refractivity contribution in [2.75, 3.05) is 5.32 Å². The second kappa shape index (κ2) is 9.47. The van der Waals surface area contributed by atoms with Crippen LogP contribution in [-0.4, -0.2) is 17.8 Å². The lowest BCUT2D eigenvalue weighted by molar-refractivity contribution is -0.131. The lowest BCUT2D eigenvalue weighted by Crippen LogP contribution is -2.24. The van der Waals surface area contributed by atoms with E-state index in [2.05, 4.69) is 10.6 Å². The number of amides is 2. The maximum atomic E-state index is 13.0. The molecule has 0 aliphatic heterocycles. The summed E-state index contributed by atoms with van der Waals surface area (Å²) in [6.07, 6.45) is 0. The summed E-state index contributed by atoms with van der Waals surface area (Å²) in [4.78, 5) is 35.9. The molecule has 0 aliphatic carbocycles. The van der Waals surface area contributed by atoms with Gasteiger partial charge in [-0.15, -0.1) is 0 Å². The number of carbonyl (C=O) groups is 3. The van der Waals surface area contributed by atoms with Crippen molar-refractivity contribution < 1.29 is 23.5 Å². The number of hydrogen-bond donors (Lipinski definition) is 2. The fourth-order valence-electron chi connectivity index (χ4n) is 2.74. The van der Waals surface area contributed by atoms with Crippen molar-refractivity contribution in [2.45, 2.75) is 13.5 Å². The Labute approximate surface area is 172 Å². The number of esters is 1. The van der Waals surface area contributed by atoms with Gasteiger partial charge < -0.3 is 15.4 Å². The Balaban J connectivity index is 1.68. The van der Waals surface area contributed by atoms with Crippen LogP contribution >= 0.6 is 0 Å². The zero-order valence-electron chi connectivity index (χ0n) is 16.1. The van der Waals surface area contributed by atoms with Crippen molar-refractivity contribution >= 4 is 23.5 Å². The van der Waals surface area contributed by atoms with Crippen molar-refractivity contribution in [1.82, 2.24) is 5.32 Å². The summed E-state index contributed by atoms with van der Waals surface area (Å²) in [6, 6.07) is 18.5. The quantitative estimate of drug-likeness (QED) is 0.480. The van der Waals surface area contributed by atoms with E-state index in [0.717, 1.165) is 0 Å². The molecule has 2 N–H and O–H groups in total. The monoisotopic (exact) mass is 406 g/mol. The van der Waals surface area contributed by atoms with Gasteiger partial charge in [0.05, 0.1) is 0 Å². The average molecular weight is 406 g/mol. The Kier molecular flexibility index (Phi) is 6.54. The molecule has 0 fully saturated rings. The number of anilines is 1. The topological polar surface area (TPSA) is 84.5 Å². The maximum absolute atomic E-state index is 13.0. The minimum absolute atomic E-state index is 0.163. The minimum atomic E-state index is -0.474. The van der Waals surface area contributed by atoms with Gasteiger partial charge in [-0.1, -0.05) is 24.3 Å². The van der Waals surface area contributed by atoms with Crippen molar-refractivity contribution in [1.29, 1.82) is 0 Å². The first-order valence-electron chi connectivity index (χ1n) is 9.14. The van der Waals surface area contributed by atoms with Gasteiger partial charge in [0.25, 0.3) is 11.8 Å². The number of nitrogens with one attached hydrogen (secondary N) is 2. The van der Waals surface area contributed by atoms with E-state index >= 15 is 0 Å². The third-order valence-corrected chi connectivity index (χ3v) is 4.17. The Hall–Kier alpha value is -4.00. The van der Waals surface area contributed by atoms with E-state index < -0.39 is 11.8 Å². The van der Waals surface area contributed by atoms with Gasteiger partial charge in [-0.3, -0.25) is 14.4 Å². The Morgan fingerprint density at radius 1 is 0.867 bits per heavy atom. The zero-order chi connectivity index (χ0) is 21.5. The number of benzene rings is 3. The third-order valence-electron chi connectivity index (χ3n) is 4.17. The molecule has 0 saturated carbocycles. The van der Waals surface area contributed by atoms with Crippen LogP contribution in [0.15, 0.2) is 72.8 Å². The highest BCUT2D eigenvalue weighted by atomic mass is 19.1. The second-order valence-electron chi connectivity index (χ2n) is 6.42. The Morgan fingerprint density at radius 2 is 1.60 bits per heavy atom. The highest BCUT2D eigenvalue weighted by molar-refractivity contribution is 6.04.